The van der Waals surface area contributed by atoms with Gasteiger partial charge in [-0.05, 0) is 31.2 Å². The lowest BCUT2D eigenvalue weighted by Gasteiger charge is -2.42. The van der Waals surface area contributed by atoms with Gasteiger partial charge in [0.1, 0.15) is 13.4 Å². The van der Waals surface area contributed by atoms with Crippen LogP contribution in [-0.2, 0) is 6.18 Å². The second-order valence-electron chi connectivity index (χ2n) is 6.51. The Kier molecular flexibility index (Phi) is 5.05. The highest BCUT2D eigenvalue weighted by Gasteiger charge is 2.39. The molecule has 2 aromatic carbocycles. The van der Waals surface area contributed by atoms with Crippen LogP contribution in [0.2, 0.25) is 0 Å². The van der Waals surface area contributed by atoms with Gasteiger partial charge < -0.3 is 9.80 Å². The van der Waals surface area contributed by atoms with Crippen LogP contribution < -0.4 is 15.3 Å². The third-order valence-corrected chi connectivity index (χ3v) is 4.72. The van der Waals surface area contributed by atoms with E-state index in [0.29, 0.717) is 25.1 Å². The lowest BCUT2D eigenvalue weighted by molar-refractivity contribution is -0.140. The smallest absolute Gasteiger partial charge is 0.365 e. The van der Waals surface area contributed by atoms with E-state index in [4.69, 9.17) is 13.1 Å². The van der Waals surface area contributed by atoms with Crippen molar-refractivity contribution < 1.29 is 17.6 Å². The summed E-state index contributed by atoms with van der Waals surface area (Å²) in [6.07, 6.45) is -4.93. The molecule has 0 bridgehead atoms. The predicted molar refractivity (Wildman–Crippen MR) is 97.0 cm³/mol. The number of piperazine rings is 1. The standard InChI is InChI=1S/C19H16BF4N3/c1-12-11-26(8-9-27(12)15-5-3-14(20)4-6-15)16-7-2-13(10-25)17(18(16)21)19(22,23)24/h2-7,12H,8-9,11H2,1H3. The molecule has 1 unspecified atom stereocenters. The second kappa shape index (κ2) is 7.14. The van der Waals surface area contributed by atoms with E-state index >= 15 is 0 Å². The minimum Gasteiger partial charge on any atom is -0.365 e. The molecule has 1 saturated heterocycles. The molecule has 0 spiro atoms. The minimum atomic E-state index is -4.93. The molecule has 3 nitrogen and oxygen atoms in total. The topological polar surface area (TPSA) is 30.3 Å². The molecular formula is C19H16BF4N3. The molecule has 1 heterocycles. The molecular weight excluding hydrogens is 357 g/mol. The zero-order chi connectivity index (χ0) is 19.8. The van der Waals surface area contributed by atoms with E-state index in [2.05, 4.69) is 4.90 Å². The summed E-state index contributed by atoms with van der Waals surface area (Å²) in [5.41, 5.74) is -0.754. The summed E-state index contributed by atoms with van der Waals surface area (Å²) in [5.74, 6) is -1.39. The fourth-order valence-corrected chi connectivity index (χ4v) is 3.41. The number of nitriles is 1. The van der Waals surface area contributed by atoms with E-state index in [-0.39, 0.29) is 11.7 Å². The largest absolute Gasteiger partial charge is 0.420 e. The van der Waals surface area contributed by atoms with Gasteiger partial charge in [-0.25, -0.2) is 4.39 Å². The van der Waals surface area contributed by atoms with Gasteiger partial charge in [0.05, 0.1) is 17.3 Å². The summed E-state index contributed by atoms with van der Waals surface area (Å²) in [7, 11) is 5.70. The van der Waals surface area contributed by atoms with Gasteiger partial charge in [-0.15, -0.1) is 0 Å². The Morgan fingerprint density at radius 1 is 1.11 bits per heavy atom. The lowest BCUT2D eigenvalue weighted by Crippen LogP contribution is -2.52. The molecule has 2 radical (unpaired) electrons. The Morgan fingerprint density at radius 3 is 2.33 bits per heavy atom. The number of alkyl halides is 3. The van der Waals surface area contributed by atoms with E-state index in [1.54, 1.807) is 17.0 Å². The highest BCUT2D eigenvalue weighted by Crippen LogP contribution is 2.38. The Morgan fingerprint density at radius 2 is 1.78 bits per heavy atom. The van der Waals surface area contributed by atoms with Gasteiger partial charge in [0, 0.05) is 31.4 Å². The summed E-state index contributed by atoms with van der Waals surface area (Å²) in [4.78, 5) is 3.69. The second-order valence-corrected chi connectivity index (χ2v) is 6.51. The Bertz CT molecular complexity index is 874. The zero-order valence-electron chi connectivity index (χ0n) is 14.6. The van der Waals surface area contributed by atoms with Crippen molar-refractivity contribution in [1.29, 1.82) is 5.26 Å². The van der Waals surface area contributed by atoms with Crippen molar-refractivity contribution in [2.24, 2.45) is 0 Å². The lowest BCUT2D eigenvalue weighted by atomic mass is 9.96. The van der Waals surface area contributed by atoms with Crippen LogP contribution in [0.3, 0.4) is 0 Å². The average molecular weight is 373 g/mol. The van der Waals surface area contributed by atoms with Crippen molar-refractivity contribution in [2.45, 2.75) is 19.1 Å². The van der Waals surface area contributed by atoms with Gasteiger partial charge in [0.15, 0.2) is 5.82 Å². The van der Waals surface area contributed by atoms with Crippen LogP contribution in [0, 0.1) is 17.1 Å². The molecule has 0 aliphatic carbocycles. The molecule has 1 atom stereocenters. The first kappa shape index (κ1) is 19.1. The van der Waals surface area contributed by atoms with Crippen molar-refractivity contribution in [1.82, 2.24) is 0 Å². The molecule has 138 valence electrons. The van der Waals surface area contributed by atoms with Crippen molar-refractivity contribution in [3.63, 3.8) is 0 Å². The molecule has 27 heavy (non-hydrogen) atoms. The fourth-order valence-electron chi connectivity index (χ4n) is 3.41. The maximum Gasteiger partial charge on any atom is 0.420 e. The van der Waals surface area contributed by atoms with Gasteiger partial charge >= 0.3 is 6.18 Å². The first-order chi connectivity index (χ1) is 12.7. The van der Waals surface area contributed by atoms with E-state index < -0.39 is 23.1 Å². The number of rotatable bonds is 2. The van der Waals surface area contributed by atoms with Crippen molar-refractivity contribution in [3.05, 3.63) is 53.3 Å². The summed E-state index contributed by atoms with van der Waals surface area (Å²) in [5, 5.41) is 8.88. The number of hydrogen-bond acceptors (Lipinski definition) is 3. The van der Waals surface area contributed by atoms with Crippen LogP contribution in [0.5, 0.6) is 0 Å². The molecule has 3 rings (SSSR count). The molecule has 2 aromatic rings. The van der Waals surface area contributed by atoms with Crippen LogP contribution in [0.4, 0.5) is 28.9 Å². The van der Waals surface area contributed by atoms with Crippen LogP contribution in [0.15, 0.2) is 36.4 Å². The monoisotopic (exact) mass is 373 g/mol. The summed E-state index contributed by atoms with van der Waals surface area (Å²) in [6.45, 7) is 3.15. The van der Waals surface area contributed by atoms with E-state index in [9.17, 15) is 17.6 Å². The molecule has 0 saturated carbocycles. The minimum absolute atomic E-state index is 0.0493. The maximum atomic E-state index is 14.7. The Balaban J connectivity index is 1.87. The summed E-state index contributed by atoms with van der Waals surface area (Å²) < 4.78 is 54.3. The van der Waals surface area contributed by atoms with Crippen LogP contribution in [-0.4, -0.2) is 33.5 Å². The van der Waals surface area contributed by atoms with E-state index in [1.165, 1.54) is 12.1 Å². The number of hydrogen-bond donors (Lipinski definition) is 0. The van der Waals surface area contributed by atoms with Gasteiger partial charge in [0.25, 0.3) is 0 Å². The first-order valence-electron chi connectivity index (χ1n) is 8.39. The first-order valence-corrected chi connectivity index (χ1v) is 8.39. The van der Waals surface area contributed by atoms with Gasteiger partial charge in [0.2, 0.25) is 0 Å². The molecule has 1 aliphatic rings. The number of anilines is 2. The van der Waals surface area contributed by atoms with Crippen molar-refractivity contribution >= 4 is 24.7 Å². The average Bonchev–Trinajstić information content (AvgIpc) is 2.61. The van der Waals surface area contributed by atoms with Crippen molar-refractivity contribution in [2.75, 3.05) is 29.4 Å². The van der Waals surface area contributed by atoms with Gasteiger partial charge in [-0.2, -0.15) is 18.4 Å². The molecule has 0 amide bonds. The van der Waals surface area contributed by atoms with Gasteiger partial charge in [-0.1, -0.05) is 17.6 Å². The fraction of sp³-hybridized carbons (Fsp3) is 0.316. The molecule has 0 N–H and O–H groups in total. The molecule has 1 fully saturated rings. The summed E-state index contributed by atoms with van der Waals surface area (Å²) in [6, 6.07) is 11.0. The highest BCUT2D eigenvalue weighted by molar-refractivity contribution is 6.32. The van der Waals surface area contributed by atoms with Crippen LogP contribution in [0.1, 0.15) is 18.1 Å². The van der Waals surface area contributed by atoms with E-state index in [1.807, 2.05) is 19.1 Å². The molecule has 8 heteroatoms. The van der Waals surface area contributed by atoms with Crippen molar-refractivity contribution in [3.8, 4) is 6.07 Å². The molecule has 1 aliphatic heterocycles. The highest BCUT2D eigenvalue weighted by atomic mass is 19.4. The van der Waals surface area contributed by atoms with Gasteiger partial charge in [-0.3, -0.25) is 0 Å². The van der Waals surface area contributed by atoms with Crippen LogP contribution in [0.25, 0.3) is 0 Å². The molecule has 0 aromatic heterocycles. The van der Waals surface area contributed by atoms with Crippen LogP contribution >= 0.6 is 0 Å². The Hall–Kier alpha value is -2.69. The van der Waals surface area contributed by atoms with E-state index in [0.717, 1.165) is 11.8 Å². The zero-order valence-corrected chi connectivity index (χ0v) is 14.6. The number of halogens is 4. The quantitative estimate of drug-likeness (QED) is 0.598. The third-order valence-electron chi connectivity index (χ3n) is 4.72. The maximum absolute atomic E-state index is 14.7. The SMILES string of the molecule is [B]c1ccc(N2CCN(c3ccc(C#N)c(C(F)(F)F)c3F)CC2C)cc1. The normalized spacial score (nSPS) is 17.7. The summed E-state index contributed by atoms with van der Waals surface area (Å²) >= 11 is 0. The number of nitrogens with zero attached hydrogens (tertiary/aromatic N) is 3. The number of benzene rings is 2. The predicted octanol–water partition coefficient (Wildman–Crippen LogP) is 3.23. The third kappa shape index (κ3) is 3.73. The Labute approximate surface area is 156 Å².